The number of aromatic nitrogens is 1. The highest BCUT2D eigenvalue weighted by atomic mass is 19.3. The van der Waals surface area contributed by atoms with E-state index in [2.05, 4.69) is 20.0 Å². The summed E-state index contributed by atoms with van der Waals surface area (Å²) in [6, 6.07) is 5.27. The van der Waals surface area contributed by atoms with Crippen LogP contribution in [0.2, 0.25) is 0 Å². The number of nitrogens with zero attached hydrogens (tertiary/aromatic N) is 2. The molecule has 0 bridgehead atoms. The molecule has 1 amide bonds. The summed E-state index contributed by atoms with van der Waals surface area (Å²) < 4.78 is 95.5. The Balaban J connectivity index is 1.51. The average Bonchev–Trinajstić information content (AvgIpc) is 3.16. The Morgan fingerprint density at radius 2 is 2.00 bits per heavy atom. The number of ether oxygens (including phenoxy) is 3. The molecule has 3 heterocycles. The van der Waals surface area contributed by atoms with Crippen LogP contribution in [0.1, 0.15) is 16.1 Å². The number of nitrogens with two attached hydrogens (primary N) is 1. The summed E-state index contributed by atoms with van der Waals surface area (Å²) in [5.41, 5.74) is 1.25. The Morgan fingerprint density at radius 3 is 2.69 bits per heavy atom. The van der Waals surface area contributed by atoms with Crippen LogP contribution in [0.4, 0.5) is 32.0 Å². The number of nitrogens with one attached hydrogen (secondary N) is 1. The van der Waals surface area contributed by atoms with Crippen LogP contribution in [0.15, 0.2) is 41.5 Å². The Bertz CT molecular complexity index is 1150. The van der Waals surface area contributed by atoms with Gasteiger partial charge in [-0.15, -0.1) is 0 Å². The predicted molar refractivity (Wildman–Crippen MR) is 109 cm³/mol. The molecule has 1 aromatic carbocycles. The van der Waals surface area contributed by atoms with Crippen LogP contribution in [-0.4, -0.2) is 61.4 Å². The second-order valence-corrected chi connectivity index (χ2v) is 7.94. The number of rotatable bonds is 7. The number of aliphatic imine (C=N–C) groups is 1. The van der Waals surface area contributed by atoms with E-state index in [-0.39, 0.29) is 35.3 Å². The number of benzene rings is 1. The van der Waals surface area contributed by atoms with Gasteiger partial charge in [0.05, 0.1) is 19.4 Å². The van der Waals surface area contributed by atoms with E-state index in [1.54, 1.807) is 0 Å². The first-order valence-electron chi connectivity index (χ1n) is 10.1. The minimum absolute atomic E-state index is 0.0639. The van der Waals surface area contributed by atoms with Gasteiger partial charge in [0.2, 0.25) is 0 Å². The highest BCUT2D eigenvalue weighted by molar-refractivity contribution is 6.02. The molecule has 3 N–H and O–H groups in total. The van der Waals surface area contributed by atoms with Gasteiger partial charge in [-0.25, -0.2) is 27.5 Å². The molecule has 1 saturated heterocycles. The third-order valence-electron chi connectivity index (χ3n) is 5.52. The zero-order valence-electron chi connectivity index (χ0n) is 17.7. The van der Waals surface area contributed by atoms with Gasteiger partial charge in [-0.3, -0.25) is 4.79 Å². The van der Waals surface area contributed by atoms with Gasteiger partial charge in [0.1, 0.15) is 23.9 Å². The zero-order valence-corrected chi connectivity index (χ0v) is 17.7. The first-order valence-corrected chi connectivity index (χ1v) is 10.1. The molecule has 0 radical (unpaired) electrons. The molecule has 2 atom stereocenters. The van der Waals surface area contributed by atoms with Gasteiger partial charge in [-0.2, -0.15) is 8.78 Å². The minimum atomic E-state index is -4.35. The number of carbonyl (C=O) groups is 1. The van der Waals surface area contributed by atoms with Crippen molar-refractivity contribution in [1.29, 1.82) is 0 Å². The maximum atomic E-state index is 15.6. The maximum Gasteiger partial charge on any atom is 0.340 e. The lowest BCUT2D eigenvalue weighted by Crippen LogP contribution is -2.55. The molecular formula is C21H18F6N4O4. The van der Waals surface area contributed by atoms with Crippen molar-refractivity contribution < 1.29 is 45.3 Å². The van der Waals surface area contributed by atoms with E-state index in [1.807, 2.05) is 0 Å². The van der Waals surface area contributed by atoms with Crippen molar-refractivity contribution in [3.63, 3.8) is 0 Å². The second-order valence-electron chi connectivity index (χ2n) is 7.94. The molecule has 2 unspecified atom stereocenters. The molecule has 2 aliphatic heterocycles. The number of pyridine rings is 1. The Kier molecular flexibility index (Phi) is 6.25. The van der Waals surface area contributed by atoms with Crippen LogP contribution in [0.5, 0.6) is 5.75 Å². The number of hydrogen-bond acceptors (Lipinski definition) is 7. The lowest BCUT2D eigenvalue weighted by molar-refractivity contribution is -0.148. The number of alkyl halides is 5. The van der Waals surface area contributed by atoms with E-state index in [0.717, 1.165) is 24.4 Å². The van der Waals surface area contributed by atoms with Crippen molar-refractivity contribution >= 4 is 17.6 Å². The molecule has 2 aliphatic rings. The van der Waals surface area contributed by atoms with Crippen LogP contribution < -0.4 is 15.8 Å². The fraction of sp³-hybridized carbons (Fsp3) is 0.381. The van der Waals surface area contributed by atoms with Gasteiger partial charge >= 0.3 is 12.3 Å². The Morgan fingerprint density at radius 1 is 1.23 bits per heavy atom. The van der Waals surface area contributed by atoms with Crippen molar-refractivity contribution in [3.05, 3.63) is 53.6 Å². The normalized spacial score (nSPS) is 23.9. The second kappa shape index (κ2) is 8.91. The van der Waals surface area contributed by atoms with Gasteiger partial charge in [-0.1, -0.05) is 0 Å². The highest BCUT2D eigenvalue weighted by Gasteiger charge is 2.62. The molecule has 0 aliphatic carbocycles. The van der Waals surface area contributed by atoms with Crippen LogP contribution in [0.3, 0.4) is 0 Å². The Labute approximate surface area is 194 Å². The summed E-state index contributed by atoms with van der Waals surface area (Å²) in [5, 5.41) is 2.45. The average molecular weight is 504 g/mol. The molecule has 35 heavy (non-hydrogen) atoms. The molecule has 2 aromatic rings. The quantitative estimate of drug-likeness (QED) is 0.562. The number of anilines is 1. The standard InChI is InChI=1S/C21H18F6N4O4/c22-14-3-1-11(5-13(14)20-9-33-7-19(20,25)8-35-18(28)31-20)30-16(32)15-4-2-12(6-29-15)34-10-21(26,27)17(23)24/h1-6,17H,7-10H2,(H2,28,31)(H,30,32). The fourth-order valence-corrected chi connectivity index (χ4v) is 3.65. The van der Waals surface area contributed by atoms with E-state index in [1.165, 1.54) is 12.1 Å². The van der Waals surface area contributed by atoms with Crippen LogP contribution in [-0.2, 0) is 15.0 Å². The molecule has 8 nitrogen and oxygen atoms in total. The summed E-state index contributed by atoms with van der Waals surface area (Å²) in [6.45, 7) is -2.79. The van der Waals surface area contributed by atoms with E-state index < -0.39 is 55.1 Å². The lowest BCUT2D eigenvalue weighted by atomic mass is 9.78. The van der Waals surface area contributed by atoms with Crippen molar-refractivity contribution in [3.8, 4) is 5.75 Å². The Hall–Kier alpha value is -3.55. The number of halogens is 6. The van der Waals surface area contributed by atoms with Crippen molar-refractivity contribution in [2.75, 3.05) is 31.7 Å². The third kappa shape index (κ3) is 4.57. The molecule has 0 spiro atoms. The summed E-state index contributed by atoms with van der Waals surface area (Å²) in [4.78, 5) is 20.3. The SMILES string of the molecule is NC1=NC2(c3cc(NC(=O)c4ccc(OCC(F)(F)C(F)F)cn4)ccc3F)COCC2(F)CO1. The zero-order chi connectivity index (χ0) is 25.4. The van der Waals surface area contributed by atoms with E-state index >= 15 is 4.39 Å². The predicted octanol–water partition coefficient (Wildman–Crippen LogP) is 3.03. The van der Waals surface area contributed by atoms with Gasteiger partial charge in [0.25, 0.3) is 11.9 Å². The van der Waals surface area contributed by atoms with E-state index in [0.29, 0.717) is 0 Å². The summed E-state index contributed by atoms with van der Waals surface area (Å²) in [5.74, 6) is -6.21. The van der Waals surface area contributed by atoms with E-state index in [4.69, 9.17) is 15.2 Å². The largest absolute Gasteiger partial charge is 0.485 e. The smallest absolute Gasteiger partial charge is 0.340 e. The monoisotopic (exact) mass is 504 g/mol. The molecule has 4 rings (SSSR count). The van der Waals surface area contributed by atoms with Gasteiger partial charge < -0.3 is 25.3 Å². The minimum Gasteiger partial charge on any atom is -0.485 e. The van der Waals surface area contributed by atoms with Gasteiger partial charge in [-0.05, 0) is 30.3 Å². The first-order chi connectivity index (χ1) is 16.5. The third-order valence-corrected chi connectivity index (χ3v) is 5.52. The maximum absolute atomic E-state index is 15.6. The number of carbonyl (C=O) groups excluding carboxylic acids is 1. The van der Waals surface area contributed by atoms with Crippen LogP contribution in [0, 0.1) is 5.82 Å². The molecule has 14 heteroatoms. The molecule has 1 aromatic heterocycles. The number of amides is 1. The number of amidine groups is 1. The fourth-order valence-electron chi connectivity index (χ4n) is 3.65. The highest BCUT2D eigenvalue weighted by Crippen LogP contribution is 2.48. The molecule has 0 saturated carbocycles. The lowest BCUT2D eigenvalue weighted by Gasteiger charge is -2.38. The van der Waals surface area contributed by atoms with Crippen molar-refractivity contribution in [2.45, 2.75) is 23.6 Å². The van der Waals surface area contributed by atoms with Gasteiger partial charge in [0, 0.05) is 11.3 Å². The summed E-state index contributed by atoms with van der Waals surface area (Å²) in [7, 11) is 0. The van der Waals surface area contributed by atoms with Crippen LogP contribution >= 0.6 is 0 Å². The molecular weight excluding hydrogens is 486 g/mol. The van der Waals surface area contributed by atoms with Crippen LogP contribution in [0.25, 0.3) is 0 Å². The van der Waals surface area contributed by atoms with Crippen molar-refractivity contribution in [1.82, 2.24) is 4.98 Å². The molecule has 1 fully saturated rings. The summed E-state index contributed by atoms with van der Waals surface area (Å²) >= 11 is 0. The first kappa shape index (κ1) is 24.6. The van der Waals surface area contributed by atoms with E-state index in [9.17, 15) is 26.7 Å². The number of hydrogen-bond donors (Lipinski definition) is 2. The topological polar surface area (TPSA) is 108 Å². The van der Waals surface area contributed by atoms with Gasteiger partial charge in [0.15, 0.2) is 17.8 Å². The number of fused-ring (bicyclic) bond motifs is 1. The summed E-state index contributed by atoms with van der Waals surface area (Å²) in [6.07, 6.45) is -3.00. The molecule has 188 valence electrons. The van der Waals surface area contributed by atoms with Crippen molar-refractivity contribution in [2.24, 2.45) is 10.7 Å².